The molecule has 1 aromatic carbocycles. The maximum Gasteiger partial charge on any atom is 0.274 e. The third kappa shape index (κ3) is 2.95. The molecular formula is C18H17N7O. The Kier molecular flexibility index (Phi) is 4.19. The number of nitrogens with zero attached hydrogens (tertiary/aromatic N) is 6. The molecule has 1 fully saturated rings. The first-order valence-electron chi connectivity index (χ1n) is 8.49. The van der Waals surface area contributed by atoms with Gasteiger partial charge < -0.3 is 4.90 Å². The Morgan fingerprint density at radius 1 is 1.31 bits per heavy atom. The minimum absolute atomic E-state index is 0.106. The van der Waals surface area contributed by atoms with Crippen LogP contribution in [0.2, 0.25) is 0 Å². The molecule has 4 rings (SSSR count). The number of H-pyrrole nitrogens is 1. The Bertz CT molecular complexity index is 954. The van der Waals surface area contributed by atoms with Crippen molar-refractivity contribution in [3.63, 3.8) is 0 Å². The molecule has 3 heterocycles. The lowest BCUT2D eigenvalue weighted by Crippen LogP contribution is -2.39. The van der Waals surface area contributed by atoms with Crippen molar-refractivity contribution < 1.29 is 4.79 Å². The van der Waals surface area contributed by atoms with Gasteiger partial charge in [-0.2, -0.15) is 15.5 Å². The monoisotopic (exact) mass is 347 g/mol. The van der Waals surface area contributed by atoms with Crippen LogP contribution in [0.5, 0.6) is 0 Å². The van der Waals surface area contributed by atoms with Crippen LogP contribution in [0.1, 0.15) is 47.2 Å². The highest BCUT2D eigenvalue weighted by molar-refractivity contribution is 5.92. The van der Waals surface area contributed by atoms with Crippen molar-refractivity contribution in [1.29, 1.82) is 5.26 Å². The second-order valence-electron chi connectivity index (χ2n) is 6.19. The van der Waals surface area contributed by atoms with Crippen LogP contribution in [-0.2, 0) is 0 Å². The number of hydrogen-bond donors (Lipinski definition) is 1. The largest absolute Gasteiger partial charge is 0.327 e. The quantitative estimate of drug-likeness (QED) is 0.782. The van der Waals surface area contributed by atoms with Crippen molar-refractivity contribution in [1.82, 2.24) is 29.9 Å². The Balaban J connectivity index is 1.60. The van der Waals surface area contributed by atoms with E-state index in [1.807, 2.05) is 11.0 Å². The molecule has 1 atom stereocenters. The molecule has 8 heteroatoms. The number of nitriles is 1. The van der Waals surface area contributed by atoms with E-state index in [2.05, 4.69) is 26.3 Å². The summed E-state index contributed by atoms with van der Waals surface area (Å²) in [5, 5.41) is 20.2. The number of rotatable bonds is 3. The van der Waals surface area contributed by atoms with Crippen LogP contribution in [-0.4, -0.2) is 42.3 Å². The number of carbonyl (C=O) groups is 1. The summed E-state index contributed by atoms with van der Waals surface area (Å²) >= 11 is 0. The third-order valence-corrected chi connectivity index (χ3v) is 4.56. The third-order valence-electron chi connectivity index (χ3n) is 4.56. The van der Waals surface area contributed by atoms with E-state index in [0.29, 0.717) is 23.6 Å². The summed E-state index contributed by atoms with van der Waals surface area (Å²) < 4.78 is 1.61. The molecular weight excluding hydrogens is 330 g/mol. The second-order valence-corrected chi connectivity index (χ2v) is 6.19. The Hall–Kier alpha value is -3.47. The van der Waals surface area contributed by atoms with E-state index in [1.54, 1.807) is 35.1 Å². The summed E-state index contributed by atoms with van der Waals surface area (Å²) in [7, 11) is 0. The van der Waals surface area contributed by atoms with E-state index in [9.17, 15) is 4.79 Å². The molecule has 1 aliphatic rings. The molecule has 0 spiro atoms. The molecule has 1 aliphatic heterocycles. The number of piperidine rings is 1. The van der Waals surface area contributed by atoms with Gasteiger partial charge in [-0.05, 0) is 43.5 Å². The number of carbonyl (C=O) groups excluding carboxylic acids is 1. The van der Waals surface area contributed by atoms with E-state index >= 15 is 0 Å². The summed E-state index contributed by atoms with van der Waals surface area (Å²) in [5.74, 6) is 0.584. The zero-order valence-electron chi connectivity index (χ0n) is 14.0. The Morgan fingerprint density at radius 3 is 3.04 bits per heavy atom. The van der Waals surface area contributed by atoms with Crippen molar-refractivity contribution in [3.8, 4) is 11.8 Å². The Labute approximate surface area is 150 Å². The number of benzene rings is 1. The van der Waals surface area contributed by atoms with E-state index < -0.39 is 0 Å². The topological polar surface area (TPSA) is 103 Å². The van der Waals surface area contributed by atoms with Gasteiger partial charge in [0.15, 0.2) is 5.69 Å². The molecule has 1 amide bonds. The summed E-state index contributed by atoms with van der Waals surface area (Å²) in [5.41, 5.74) is 1.67. The molecule has 0 radical (unpaired) electrons. The number of hydrogen-bond acceptors (Lipinski definition) is 5. The van der Waals surface area contributed by atoms with Crippen LogP contribution in [0.4, 0.5) is 0 Å². The van der Waals surface area contributed by atoms with Gasteiger partial charge in [-0.3, -0.25) is 9.89 Å². The van der Waals surface area contributed by atoms with Crippen molar-refractivity contribution in [2.24, 2.45) is 0 Å². The van der Waals surface area contributed by atoms with Crippen molar-refractivity contribution in [3.05, 3.63) is 59.9 Å². The minimum Gasteiger partial charge on any atom is -0.327 e. The zero-order valence-corrected chi connectivity index (χ0v) is 14.0. The van der Waals surface area contributed by atoms with Gasteiger partial charge in [0.05, 0.1) is 23.4 Å². The molecule has 8 nitrogen and oxygen atoms in total. The number of likely N-dealkylation sites (tertiary alicyclic amines) is 1. The van der Waals surface area contributed by atoms with Crippen molar-refractivity contribution >= 4 is 5.91 Å². The fourth-order valence-corrected chi connectivity index (χ4v) is 3.28. The van der Waals surface area contributed by atoms with E-state index in [-0.39, 0.29) is 11.9 Å². The lowest BCUT2D eigenvalue weighted by molar-refractivity contribution is 0.0594. The average Bonchev–Trinajstić information content (AvgIpc) is 3.39. The summed E-state index contributed by atoms with van der Waals surface area (Å²) in [6.45, 7) is 0.668. The van der Waals surface area contributed by atoms with Gasteiger partial charge in [0.25, 0.3) is 5.91 Å². The van der Waals surface area contributed by atoms with Crippen LogP contribution in [0.15, 0.2) is 42.9 Å². The number of amides is 1. The van der Waals surface area contributed by atoms with Crippen LogP contribution in [0.25, 0.3) is 5.69 Å². The lowest BCUT2D eigenvalue weighted by Gasteiger charge is -2.33. The molecule has 2 aromatic heterocycles. The molecule has 0 aliphatic carbocycles. The number of nitrogens with one attached hydrogen (secondary N) is 1. The van der Waals surface area contributed by atoms with Crippen molar-refractivity contribution in [2.45, 2.75) is 25.3 Å². The maximum absolute atomic E-state index is 13.0. The van der Waals surface area contributed by atoms with Gasteiger partial charge in [0.1, 0.15) is 12.2 Å². The smallest absolute Gasteiger partial charge is 0.274 e. The summed E-state index contributed by atoms with van der Waals surface area (Å²) in [4.78, 5) is 19.0. The molecule has 0 saturated carbocycles. The van der Waals surface area contributed by atoms with Gasteiger partial charge in [-0.25, -0.2) is 9.67 Å². The first-order chi connectivity index (χ1) is 12.8. The SMILES string of the molecule is N#Cc1cccc(-n2ccc(C(=O)N3CCCCC3c3ncn[nH]3)n2)c1. The van der Waals surface area contributed by atoms with Crippen LogP contribution < -0.4 is 0 Å². The molecule has 26 heavy (non-hydrogen) atoms. The Morgan fingerprint density at radius 2 is 2.23 bits per heavy atom. The molecule has 1 N–H and O–H groups in total. The predicted molar refractivity (Wildman–Crippen MR) is 92.3 cm³/mol. The van der Waals surface area contributed by atoms with Gasteiger partial charge in [0, 0.05) is 12.7 Å². The summed E-state index contributed by atoms with van der Waals surface area (Å²) in [6.07, 6.45) is 6.05. The first kappa shape index (κ1) is 16.0. The van der Waals surface area contributed by atoms with Crippen LogP contribution >= 0.6 is 0 Å². The highest BCUT2D eigenvalue weighted by atomic mass is 16.2. The molecule has 1 unspecified atom stereocenters. The fraction of sp³-hybridized carbons (Fsp3) is 0.278. The minimum atomic E-state index is -0.124. The highest BCUT2D eigenvalue weighted by Crippen LogP contribution is 2.29. The van der Waals surface area contributed by atoms with E-state index in [4.69, 9.17) is 5.26 Å². The van der Waals surface area contributed by atoms with E-state index in [0.717, 1.165) is 24.9 Å². The van der Waals surface area contributed by atoms with Crippen LogP contribution in [0, 0.1) is 11.3 Å². The zero-order chi connectivity index (χ0) is 17.9. The van der Waals surface area contributed by atoms with Gasteiger partial charge in [-0.1, -0.05) is 6.07 Å². The average molecular weight is 347 g/mol. The second kappa shape index (κ2) is 6.80. The van der Waals surface area contributed by atoms with E-state index in [1.165, 1.54) is 6.33 Å². The molecule has 0 bridgehead atoms. The van der Waals surface area contributed by atoms with Gasteiger partial charge in [0.2, 0.25) is 0 Å². The highest BCUT2D eigenvalue weighted by Gasteiger charge is 2.31. The maximum atomic E-state index is 13.0. The predicted octanol–water partition coefficient (Wildman–Crippen LogP) is 2.23. The number of aromatic nitrogens is 5. The van der Waals surface area contributed by atoms with Crippen molar-refractivity contribution in [2.75, 3.05) is 6.54 Å². The van der Waals surface area contributed by atoms with Gasteiger partial charge >= 0.3 is 0 Å². The normalized spacial score (nSPS) is 17.0. The standard InChI is InChI=1S/C18H17N7O/c19-11-13-4-3-5-14(10-13)25-9-7-15(23-25)18(26)24-8-2-1-6-16(24)17-20-12-21-22-17/h3-5,7,9-10,12,16H,1-2,6,8H2,(H,20,21,22). The fourth-order valence-electron chi connectivity index (χ4n) is 3.28. The number of aromatic amines is 1. The molecule has 3 aromatic rings. The molecule has 1 saturated heterocycles. The van der Waals surface area contributed by atoms with Gasteiger partial charge in [-0.15, -0.1) is 0 Å². The summed E-state index contributed by atoms with van der Waals surface area (Å²) in [6, 6.07) is 10.8. The lowest BCUT2D eigenvalue weighted by atomic mass is 10.0. The molecule has 130 valence electrons. The van der Waals surface area contributed by atoms with Crippen LogP contribution in [0.3, 0.4) is 0 Å². The first-order valence-corrected chi connectivity index (χ1v) is 8.49.